The molecule has 1 aliphatic carbocycles. The van der Waals surface area contributed by atoms with E-state index < -0.39 is 22.4 Å². The molecule has 2 N–H and O–H groups in total. The standard InChI is InChI=1S/C15H20O5S/c1-20-12-2-4-13(5-3-12)21(19)10-15(18)8-6-11(7-9-15)14(16)17/h2-5,11,18H,6-10H2,1H3,(H,16,17). The predicted molar refractivity (Wildman–Crippen MR) is 78.8 cm³/mol. The number of hydrogen-bond donors (Lipinski definition) is 2. The highest BCUT2D eigenvalue weighted by Crippen LogP contribution is 2.33. The number of carbonyl (C=O) groups is 1. The van der Waals surface area contributed by atoms with Gasteiger partial charge in [0.2, 0.25) is 0 Å². The molecule has 1 aromatic carbocycles. The third-order valence-corrected chi connectivity index (χ3v) is 5.59. The summed E-state index contributed by atoms with van der Waals surface area (Å²) < 4.78 is 17.4. The molecule has 0 saturated heterocycles. The lowest BCUT2D eigenvalue weighted by atomic mass is 9.80. The van der Waals surface area contributed by atoms with Crippen LogP contribution in [0.3, 0.4) is 0 Å². The van der Waals surface area contributed by atoms with Crippen LogP contribution in [0.5, 0.6) is 5.75 Å². The molecule has 0 aromatic heterocycles. The van der Waals surface area contributed by atoms with Crippen LogP contribution in [0, 0.1) is 5.92 Å². The first-order valence-corrected chi connectivity index (χ1v) is 8.23. The van der Waals surface area contributed by atoms with Crippen LogP contribution in [0.25, 0.3) is 0 Å². The molecule has 2 rings (SSSR count). The first-order chi connectivity index (χ1) is 9.93. The predicted octanol–water partition coefficient (Wildman–Crippen LogP) is 1.81. The Morgan fingerprint density at radius 3 is 2.38 bits per heavy atom. The Morgan fingerprint density at radius 1 is 1.33 bits per heavy atom. The molecule has 0 radical (unpaired) electrons. The summed E-state index contributed by atoms with van der Waals surface area (Å²) in [5.41, 5.74) is -1.03. The zero-order valence-electron chi connectivity index (χ0n) is 11.9. The van der Waals surface area contributed by atoms with Crippen molar-refractivity contribution in [3.05, 3.63) is 24.3 Å². The van der Waals surface area contributed by atoms with Gasteiger partial charge in [0.1, 0.15) is 5.75 Å². The quantitative estimate of drug-likeness (QED) is 0.866. The monoisotopic (exact) mass is 312 g/mol. The second-order valence-corrected chi connectivity index (χ2v) is 6.95. The van der Waals surface area contributed by atoms with E-state index in [1.807, 2.05) is 0 Å². The molecule has 116 valence electrons. The highest BCUT2D eigenvalue weighted by molar-refractivity contribution is 7.85. The van der Waals surface area contributed by atoms with Gasteiger partial charge in [-0.05, 0) is 49.9 Å². The molecule has 1 fully saturated rings. The Hall–Kier alpha value is -1.40. The molecule has 0 spiro atoms. The topological polar surface area (TPSA) is 83.8 Å². The fraction of sp³-hybridized carbons (Fsp3) is 0.533. The van der Waals surface area contributed by atoms with Crippen molar-refractivity contribution in [3.63, 3.8) is 0 Å². The smallest absolute Gasteiger partial charge is 0.306 e. The SMILES string of the molecule is COc1ccc(S(=O)CC2(O)CCC(C(=O)O)CC2)cc1. The number of carboxylic acids is 1. The van der Waals surface area contributed by atoms with E-state index in [0.717, 1.165) is 0 Å². The third kappa shape index (κ3) is 4.04. The van der Waals surface area contributed by atoms with Gasteiger partial charge in [-0.25, -0.2) is 0 Å². The maximum atomic E-state index is 12.3. The maximum absolute atomic E-state index is 12.3. The van der Waals surface area contributed by atoms with Crippen molar-refractivity contribution in [2.75, 3.05) is 12.9 Å². The van der Waals surface area contributed by atoms with Crippen LogP contribution in [-0.2, 0) is 15.6 Å². The number of benzene rings is 1. The van der Waals surface area contributed by atoms with Crippen molar-refractivity contribution < 1.29 is 24.0 Å². The molecule has 1 atom stereocenters. The van der Waals surface area contributed by atoms with E-state index in [4.69, 9.17) is 9.84 Å². The summed E-state index contributed by atoms with van der Waals surface area (Å²) in [5, 5.41) is 19.5. The van der Waals surface area contributed by atoms with Crippen molar-refractivity contribution in [2.24, 2.45) is 5.92 Å². The first kappa shape index (κ1) is 16.0. The number of ether oxygens (including phenoxy) is 1. The average molecular weight is 312 g/mol. The normalized spacial score (nSPS) is 27.0. The third-order valence-electron chi connectivity index (χ3n) is 3.99. The van der Waals surface area contributed by atoms with Gasteiger partial charge in [0.05, 0.1) is 35.2 Å². The average Bonchev–Trinajstić information content (AvgIpc) is 2.47. The lowest BCUT2D eigenvalue weighted by Crippen LogP contribution is -2.40. The summed E-state index contributed by atoms with van der Waals surface area (Å²) in [5.74, 6) is -0.365. The highest BCUT2D eigenvalue weighted by atomic mass is 32.2. The summed E-state index contributed by atoms with van der Waals surface area (Å²) in [6.45, 7) is 0. The molecule has 5 nitrogen and oxygen atoms in total. The number of aliphatic carboxylic acids is 1. The Kier molecular flexibility index (Phi) is 5.00. The van der Waals surface area contributed by atoms with E-state index in [0.29, 0.717) is 36.3 Å². The minimum absolute atomic E-state index is 0.145. The Bertz CT molecular complexity index is 517. The minimum atomic E-state index is -1.31. The van der Waals surface area contributed by atoms with Crippen LogP contribution in [0.1, 0.15) is 25.7 Å². The lowest BCUT2D eigenvalue weighted by Gasteiger charge is -2.34. The molecule has 1 aliphatic rings. The molecule has 0 aliphatic heterocycles. The fourth-order valence-corrected chi connectivity index (χ4v) is 3.98. The summed E-state index contributed by atoms with van der Waals surface area (Å²) >= 11 is 0. The van der Waals surface area contributed by atoms with E-state index in [2.05, 4.69) is 0 Å². The molecule has 1 aromatic rings. The summed E-state index contributed by atoms with van der Waals surface area (Å²) in [6.07, 6.45) is 1.63. The Morgan fingerprint density at radius 2 is 1.90 bits per heavy atom. The van der Waals surface area contributed by atoms with Gasteiger partial charge in [-0.1, -0.05) is 0 Å². The zero-order chi connectivity index (χ0) is 15.5. The van der Waals surface area contributed by atoms with Crippen molar-refractivity contribution in [2.45, 2.75) is 36.2 Å². The molecule has 0 amide bonds. The van der Waals surface area contributed by atoms with Gasteiger partial charge in [0.25, 0.3) is 0 Å². The summed E-state index contributed by atoms with van der Waals surface area (Å²) in [4.78, 5) is 11.6. The number of methoxy groups -OCH3 is 1. The van der Waals surface area contributed by atoms with E-state index >= 15 is 0 Å². The van der Waals surface area contributed by atoms with Gasteiger partial charge in [0, 0.05) is 4.90 Å². The van der Waals surface area contributed by atoms with Gasteiger partial charge < -0.3 is 14.9 Å². The maximum Gasteiger partial charge on any atom is 0.306 e. The van der Waals surface area contributed by atoms with Gasteiger partial charge in [-0.3, -0.25) is 9.00 Å². The fourth-order valence-electron chi connectivity index (χ4n) is 2.60. The lowest BCUT2D eigenvalue weighted by molar-refractivity contribution is -0.144. The summed E-state index contributed by atoms with van der Waals surface area (Å²) in [7, 11) is 0.260. The molecule has 6 heteroatoms. The summed E-state index contributed by atoms with van der Waals surface area (Å²) in [6, 6.07) is 6.92. The van der Waals surface area contributed by atoms with Crippen LogP contribution in [0.4, 0.5) is 0 Å². The van der Waals surface area contributed by atoms with Gasteiger partial charge >= 0.3 is 5.97 Å². The zero-order valence-corrected chi connectivity index (χ0v) is 12.8. The Balaban J connectivity index is 1.97. The van der Waals surface area contributed by atoms with Gasteiger partial charge in [-0.2, -0.15) is 0 Å². The van der Waals surface area contributed by atoms with Crippen molar-refractivity contribution >= 4 is 16.8 Å². The Labute approximate surface area is 126 Å². The van der Waals surface area contributed by atoms with Crippen molar-refractivity contribution in [1.29, 1.82) is 0 Å². The van der Waals surface area contributed by atoms with E-state index in [9.17, 15) is 14.1 Å². The van der Waals surface area contributed by atoms with Crippen LogP contribution >= 0.6 is 0 Å². The van der Waals surface area contributed by atoms with Crippen LogP contribution < -0.4 is 4.74 Å². The molecule has 0 heterocycles. The number of rotatable bonds is 5. The van der Waals surface area contributed by atoms with Gasteiger partial charge in [0.15, 0.2) is 0 Å². The largest absolute Gasteiger partial charge is 0.497 e. The van der Waals surface area contributed by atoms with Crippen molar-refractivity contribution in [1.82, 2.24) is 0 Å². The van der Waals surface area contributed by atoms with Crippen LogP contribution in [0.15, 0.2) is 29.2 Å². The van der Waals surface area contributed by atoms with Crippen molar-refractivity contribution in [3.8, 4) is 5.75 Å². The first-order valence-electron chi connectivity index (χ1n) is 6.91. The molecule has 1 unspecified atom stereocenters. The van der Waals surface area contributed by atoms with E-state index in [1.54, 1.807) is 31.4 Å². The minimum Gasteiger partial charge on any atom is -0.497 e. The molecular formula is C15H20O5S. The van der Waals surface area contributed by atoms with Gasteiger partial charge in [-0.15, -0.1) is 0 Å². The van der Waals surface area contributed by atoms with E-state index in [-0.39, 0.29) is 11.7 Å². The van der Waals surface area contributed by atoms with Crippen LogP contribution in [0.2, 0.25) is 0 Å². The van der Waals surface area contributed by atoms with Crippen LogP contribution in [-0.4, -0.2) is 38.9 Å². The number of carboxylic acid groups (broad SMARTS) is 1. The molecule has 1 saturated carbocycles. The second-order valence-electron chi connectivity index (χ2n) is 5.50. The highest BCUT2D eigenvalue weighted by Gasteiger charge is 2.37. The number of aliphatic hydroxyl groups is 1. The second kappa shape index (κ2) is 6.58. The van der Waals surface area contributed by atoms with E-state index in [1.165, 1.54) is 0 Å². The molecule has 21 heavy (non-hydrogen) atoms. The molecule has 0 bridgehead atoms. The molecular weight excluding hydrogens is 292 g/mol. The number of hydrogen-bond acceptors (Lipinski definition) is 4.